The topological polar surface area (TPSA) is 102 Å². The van der Waals surface area contributed by atoms with Crippen molar-refractivity contribution < 1.29 is 38.2 Å². The largest absolute Gasteiger partial charge is 0.544 e. The molecular formula is C47H83NO7. The first kappa shape index (κ1) is 52.3. The lowest BCUT2D eigenvalue weighted by atomic mass is 10.0. The third-order valence-corrected chi connectivity index (χ3v) is 9.73. The second-order valence-corrected chi connectivity index (χ2v) is 15.9. The number of carbonyl (C=O) groups is 3. The van der Waals surface area contributed by atoms with Gasteiger partial charge in [0.1, 0.15) is 12.6 Å². The molecule has 0 radical (unpaired) electrons. The number of carboxylic acids is 1. The maximum Gasteiger partial charge on any atom is 0.306 e. The van der Waals surface area contributed by atoms with E-state index in [0.29, 0.717) is 12.8 Å². The van der Waals surface area contributed by atoms with Crippen molar-refractivity contribution >= 4 is 17.9 Å². The van der Waals surface area contributed by atoms with Crippen molar-refractivity contribution in [1.82, 2.24) is 0 Å². The van der Waals surface area contributed by atoms with Crippen LogP contribution in [0.4, 0.5) is 0 Å². The Kier molecular flexibility index (Phi) is 36.3. The molecule has 2 atom stereocenters. The van der Waals surface area contributed by atoms with Crippen LogP contribution in [0, 0.1) is 0 Å². The predicted octanol–water partition coefficient (Wildman–Crippen LogP) is 10.7. The minimum Gasteiger partial charge on any atom is -0.544 e. The van der Waals surface area contributed by atoms with E-state index in [0.717, 1.165) is 77.0 Å². The van der Waals surface area contributed by atoms with Gasteiger partial charge in [-0.2, -0.15) is 0 Å². The maximum absolute atomic E-state index is 12.7. The number of hydrogen-bond acceptors (Lipinski definition) is 7. The van der Waals surface area contributed by atoms with Gasteiger partial charge in [-0.3, -0.25) is 9.59 Å². The minimum atomic E-state index is -1.13. The fraction of sp³-hybridized carbons (Fsp3) is 0.766. The van der Waals surface area contributed by atoms with Crippen molar-refractivity contribution in [3.8, 4) is 0 Å². The highest BCUT2D eigenvalue weighted by atomic mass is 16.6. The predicted molar refractivity (Wildman–Crippen MR) is 226 cm³/mol. The summed E-state index contributed by atoms with van der Waals surface area (Å²) >= 11 is 0. The number of allylic oxidation sites excluding steroid dienone is 8. The lowest BCUT2D eigenvalue weighted by Gasteiger charge is -2.34. The highest BCUT2D eigenvalue weighted by molar-refractivity contribution is 5.70. The van der Waals surface area contributed by atoms with Crippen molar-refractivity contribution in [1.29, 1.82) is 0 Å². The number of nitrogens with zero attached hydrogens (tertiary/aromatic N) is 1. The zero-order valence-corrected chi connectivity index (χ0v) is 36.1. The van der Waals surface area contributed by atoms with E-state index < -0.39 is 18.1 Å². The minimum absolute atomic E-state index is 0.0370. The zero-order valence-electron chi connectivity index (χ0n) is 36.1. The van der Waals surface area contributed by atoms with Gasteiger partial charge in [-0.25, -0.2) is 0 Å². The standard InChI is InChI=1S/C47H83NO7/c1-6-8-10-12-14-16-18-20-21-22-23-24-25-26-28-29-31-33-35-37-45(49)54-42-43(41-53-40-39-44(47(51)52)48(3,4)5)55-46(50)38-36-34-32-30-27-19-17-15-13-11-9-7-2/h8,10,14,16,20-21,23-24,43-44H,6-7,9,11-13,15,17-19,22,25-42H2,1-5H3/b10-8+,16-14+,21-20+,24-23+. The first-order valence-electron chi connectivity index (χ1n) is 22.2. The van der Waals surface area contributed by atoms with E-state index in [2.05, 4.69) is 62.5 Å². The van der Waals surface area contributed by atoms with E-state index in [1.54, 1.807) is 21.1 Å². The van der Waals surface area contributed by atoms with Gasteiger partial charge >= 0.3 is 11.9 Å². The van der Waals surface area contributed by atoms with Gasteiger partial charge in [0.15, 0.2) is 6.10 Å². The van der Waals surface area contributed by atoms with Gasteiger partial charge in [-0.15, -0.1) is 0 Å². The molecule has 0 amide bonds. The zero-order chi connectivity index (χ0) is 40.7. The van der Waals surface area contributed by atoms with Crippen LogP contribution in [0.15, 0.2) is 48.6 Å². The molecule has 0 aliphatic carbocycles. The third kappa shape index (κ3) is 36.7. The van der Waals surface area contributed by atoms with Crippen LogP contribution < -0.4 is 5.11 Å². The van der Waals surface area contributed by atoms with Crippen LogP contribution in [0.5, 0.6) is 0 Å². The van der Waals surface area contributed by atoms with Gasteiger partial charge in [-0.1, -0.05) is 159 Å². The molecule has 0 aromatic heterocycles. The monoisotopic (exact) mass is 774 g/mol. The van der Waals surface area contributed by atoms with Crippen molar-refractivity contribution in [2.45, 2.75) is 193 Å². The molecule has 55 heavy (non-hydrogen) atoms. The van der Waals surface area contributed by atoms with E-state index in [1.165, 1.54) is 70.6 Å². The van der Waals surface area contributed by atoms with Crippen LogP contribution in [0.3, 0.4) is 0 Å². The smallest absolute Gasteiger partial charge is 0.306 e. The van der Waals surface area contributed by atoms with Gasteiger partial charge in [0, 0.05) is 19.3 Å². The number of likely N-dealkylation sites (N-methyl/N-ethyl adjacent to an activating group) is 1. The van der Waals surface area contributed by atoms with Crippen molar-refractivity contribution in [3.63, 3.8) is 0 Å². The number of ether oxygens (including phenoxy) is 3. The average molecular weight is 774 g/mol. The molecule has 0 spiro atoms. The first-order chi connectivity index (χ1) is 26.6. The summed E-state index contributed by atoms with van der Waals surface area (Å²) in [6.45, 7) is 4.53. The Labute approximate surface area is 337 Å². The Morgan fingerprint density at radius 2 is 1.02 bits per heavy atom. The number of aliphatic carboxylic acids is 1. The molecule has 0 heterocycles. The highest BCUT2D eigenvalue weighted by Crippen LogP contribution is 2.14. The molecule has 318 valence electrons. The number of carboxylic acid groups (broad SMARTS) is 1. The van der Waals surface area contributed by atoms with Gasteiger partial charge in [0.05, 0.1) is 40.3 Å². The molecule has 0 rings (SSSR count). The number of esters is 2. The van der Waals surface area contributed by atoms with Gasteiger partial charge in [0.2, 0.25) is 0 Å². The molecule has 0 aromatic rings. The van der Waals surface area contributed by atoms with Crippen LogP contribution in [0.1, 0.15) is 181 Å². The number of rotatable bonds is 39. The Bertz CT molecular complexity index is 1040. The van der Waals surface area contributed by atoms with Crippen LogP contribution >= 0.6 is 0 Å². The van der Waals surface area contributed by atoms with Crippen molar-refractivity contribution in [2.75, 3.05) is 41.0 Å². The maximum atomic E-state index is 12.7. The van der Waals surface area contributed by atoms with Gasteiger partial charge in [-0.05, 0) is 51.4 Å². The Morgan fingerprint density at radius 3 is 1.51 bits per heavy atom. The Hall–Kier alpha value is -2.71. The number of carbonyl (C=O) groups excluding carboxylic acids is 3. The summed E-state index contributed by atoms with van der Waals surface area (Å²) in [5.74, 6) is -1.75. The van der Waals surface area contributed by atoms with E-state index in [9.17, 15) is 19.5 Å². The molecule has 0 aromatic carbocycles. The summed E-state index contributed by atoms with van der Waals surface area (Å²) in [4.78, 5) is 36.8. The molecule has 2 unspecified atom stereocenters. The summed E-state index contributed by atoms with van der Waals surface area (Å²) < 4.78 is 17.1. The summed E-state index contributed by atoms with van der Waals surface area (Å²) in [6, 6.07) is -0.727. The molecular weight excluding hydrogens is 691 g/mol. The van der Waals surface area contributed by atoms with Crippen molar-refractivity contribution in [3.05, 3.63) is 48.6 Å². The normalized spacial score (nSPS) is 13.4. The number of unbranched alkanes of at least 4 members (excludes halogenated alkanes) is 17. The van der Waals surface area contributed by atoms with Crippen molar-refractivity contribution in [2.24, 2.45) is 0 Å². The summed E-state index contributed by atoms with van der Waals surface area (Å²) in [7, 11) is 5.40. The van der Waals surface area contributed by atoms with Gasteiger partial charge in [0.25, 0.3) is 0 Å². The number of quaternary nitrogens is 1. The molecule has 8 heteroatoms. The molecule has 8 nitrogen and oxygen atoms in total. The lowest BCUT2D eigenvalue weighted by molar-refractivity contribution is -0.889. The second-order valence-electron chi connectivity index (χ2n) is 15.9. The van der Waals surface area contributed by atoms with Crippen LogP contribution in [0.25, 0.3) is 0 Å². The SMILES string of the molecule is CC/C=C/C/C=C/C/C=C/C/C=C/CCCCCCCCC(=O)OCC(COCCC(C(=O)[O-])[N+](C)(C)C)OC(=O)CCCCCCCCCCCCCC. The molecule has 0 aliphatic rings. The fourth-order valence-electron chi connectivity index (χ4n) is 6.30. The van der Waals surface area contributed by atoms with Crippen LogP contribution in [-0.2, 0) is 28.6 Å². The molecule has 0 fully saturated rings. The fourth-order valence-corrected chi connectivity index (χ4v) is 6.30. The molecule has 0 saturated carbocycles. The van der Waals surface area contributed by atoms with Crippen LogP contribution in [-0.4, -0.2) is 75.5 Å². The average Bonchev–Trinajstić information content (AvgIpc) is 3.14. The molecule has 0 N–H and O–H groups in total. The third-order valence-electron chi connectivity index (χ3n) is 9.73. The van der Waals surface area contributed by atoms with E-state index in [-0.39, 0.29) is 42.7 Å². The molecule has 0 aliphatic heterocycles. The van der Waals surface area contributed by atoms with Crippen LogP contribution in [0.2, 0.25) is 0 Å². The number of hydrogen-bond donors (Lipinski definition) is 0. The quantitative estimate of drug-likeness (QED) is 0.0265. The van der Waals surface area contributed by atoms with E-state index in [4.69, 9.17) is 14.2 Å². The Morgan fingerprint density at radius 1 is 0.564 bits per heavy atom. The summed E-state index contributed by atoms with van der Waals surface area (Å²) in [6.07, 6.45) is 44.1. The molecule has 0 bridgehead atoms. The summed E-state index contributed by atoms with van der Waals surface area (Å²) in [5, 5.41) is 11.6. The van der Waals surface area contributed by atoms with E-state index >= 15 is 0 Å². The van der Waals surface area contributed by atoms with E-state index in [1.807, 2.05) is 0 Å². The Balaban J connectivity index is 4.33. The molecule has 0 saturated heterocycles. The first-order valence-corrected chi connectivity index (χ1v) is 22.2. The summed E-state index contributed by atoms with van der Waals surface area (Å²) in [5.41, 5.74) is 0. The lowest BCUT2D eigenvalue weighted by Crippen LogP contribution is -2.55. The second kappa shape index (κ2) is 38.2. The highest BCUT2D eigenvalue weighted by Gasteiger charge is 2.25. The van der Waals surface area contributed by atoms with Gasteiger partial charge < -0.3 is 28.6 Å².